The summed E-state index contributed by atoms with van der Waals surface area (Å²) in [5.74, 6) is -0.222. The van der Waals surface area contributed by atoms with Gasteiger partial charge in [0.15, 0.2) is 5.16 Å². The van der Waals surface area contributed by atoms with Crippen LogP contribution >= 0.6 is 35.0 Å². The maximum absolute atomic E-state index is 13.3. The molecular weight excluding hydrogens is 453 g/mol. The van der Waals surface area contributed by atoms with Gasteiger partial charge in [-0.3, -0.25) is 14.2 Å². The summed E-state index contributed by atoms with van der Waals surface area (Å²) in [7, 11) is 0. The van der Waals surface area contributed by atoms with Crippen molar-refractivity contribution in [1.82, 2.24) is 9.55 Å². The highest BCUT2D eigenvalue weighted by molar-refractivity contribution is 8.00. The molecule has 0 spiro atoms. The number of carbonyl (C=O) groups is 1. The lowest BCUT2D eigenvalue weighted by Gasteiger charge is -2.17. The number of benzene rings is 3. The third kappa shape index (κ3) is 4.61. The molecule has 5 nitrogen and oxygen atoms in total. The quantitative estimate of drug-likeness (QED) is 0.295. The summed E-state index contributed by atoms with van der Waals surface area (Å²) in [5.41, 5.74) is 1.46. The van der Waals surface area contributed by atoms with Crippen LogP contribution in [0.1, 0.15) is 6.92 Å². The Balaban J connectivity index is 1.73. The normalized spacial score (nSPS) is 12.0. The first-order valence-electron chi connectivity index (χ1n) is 9.44. The second-order valence-corrected chi connectivity index (χ2v) is 8.91. The maximum atomic E-state index is 13.3. The van der Waals surface area contributed by atoms with Gasteiger partial charge in [-0.15, -0.1) is 0 Å². The summed E-state index contributed by atoms with van der Waals surface area (Å²) in [5, 5.41) is 4.19. The number of anilines is 1. The summed E-state index contributed by atoms with van der Waals surface area (Å²) < 4.78 is 1.46. The fourth-order valence-electron chi connectivity index (χ4n) is 3.03. The Labute approximate surface area is 193 Å². The molecule has 0 saturated heterocycles. The molecule has 4 aromatic rings. The average molecular weight is 470 g/mol. The van der Waals surface area contributed by atoms with Gasteiger partial charge in [0, 0.05) is 10.7 Å². The number of rotatable bonds is 5. The number of amides is 1. The molecule has 0 saturated carbocycles. The Kier molecular flexibility index (Phi) is 6.32. The van der Waals surface area contributed by atoms with E-state index < -0.39 is 5.25 Å². The zero-order valence-corrected chi connectivity index (χ0v) is 18.7. The van der Waals surface area contributed by atoms with E-state index in [1.54, 1.807) is 73.7 Å². The average Bonchev–Trinajstić information content (AvgIpc) is 2.76. The van der Waals surface area contributed by atoms with Crippen molar-refractivity contribution in [2.24, 2.45) is 0 Å². The highest BCUT2D eigenvalue weighted by Crippen LogP contribution is 2.28. The van der Waals surface area contributed by atoms with Crippen LogP contribution in [0.3, 0.4) is 0 Å². The van der Waals surface area contributed by atoms with E-state index >= 15 is 0 Å². The molecule has 3 aromatic carbocycles. The maximum Gasteiger partial charge on any atom is 0.266 e. The monoisotopic (exact) mass is 469 g/mol. The highest BCUT2D eigenvalue weighted by atomic mass is 35.5. The molecule has 1 heterocycles. The van der Waals surface area contributed by atoms with Gasteiger partial charge in [-0.25, -0.2) is 4.98 Å². The second-order valence-electron chi connectivity index (χ2n) is 6.76. The van der Waals surface area contributed by atoms with Crippen molar-refractivity contribution in [1.29, 1.82) is 0 Å². The molecule has 0 radical (unpaired) electrons. The number of carbonyl (C=O) groups excluding carboxylic acids is 1. The number of nitrogens with one attached hydrogen (secondary N) is 1. The number of para-hydroxylation sites is 2. The minimum absolute atomic E-state index is 0.222. The van der Waals surface area contributed by atoms with E-state index in [4.69, 9.17) is 23.2 Å². The first-order chi connectivity index (χ1) is 14.9. The zero-order chi connectivity index (χ0) is 22.0. The number of thioether (sulfide) groups is 1. The Bertz CT molecular complexity index is 1320. The Morgan fingerprint density at radius 3 is 2.42 bits per heavy atom. The van der Waals surface area contributed by atoms with Gasteiger partial charge in [-0.1, -0.05) is 59.2 Å². The Morgan fingerprint density at radius 2 is 1.68 bits per heavy atom. The van der Waals surface area contributed by atoms with Gasteiger partial charge in [0.1, 0.15) is 0 Å². The SMILES string of the molecule is C[C@H](Sc1nc2ccccc2c(=O)n1-c1ccccc1Cl)C(=O)Nc1ccc(Cl)cc1. The van der Waals surface area contributed by atoms with E-state index in [0.29, 0.717) is 37.5 Å². The smallest absolute Gasteiger partial charge is 0.266 e. The highest BCUT2D eigenvalue weighted by Gasteiger charge is 2.21. The van der Waals surface area contributed by atoms with Gasteiger partial charge in [0.05, 0.1) is 26.9 Å². The van der Waals surface area contributed by atoms with Crippen molar-refractivity contribution in [3.8, 4) is 5.69 Å². The van der Waals surface area contributed by atoms with Crippen LogP contribution in [-0.2, 0) is 4.79 Å². The predicted molar refractivity (Wildman–Crippen MR) is 128 cm³/mol. The molecule has 31 heavy (non-hydrogen) atoms. The third-order valence-electron chi connectivity index (χ3n) is 4.60. The predicted octanol–water partition coefficient (Wildman–Crippen LogP) is 5.81. The largest absolute Gasteiger partial charge is 0.325 e. The fourth-order valence-corrected chi connectivity index (χ4v) is 4.29. The molecule has 4 rings (SSSR count). The van der Waals surface area contributed by atoms with Crippen molar-refractivity contribution < 1.29 is 4.79 Å². The summed E-state index contributed by atoms with van der Waals surface area (Å²) in [6, 6.07) is 21.0. The van der Waals surface area contributed by atoms with Crippen LogP contribution < -0.4 is 10.9 Å². The van der Waals surface area contributed by atoms with Crippen molar-refractivity contribution in [3.63, 3.8) is 0 Å². The molecule has 0 fully saturated rings. The van der Waals surface area contributed by atoms with Gasteiger partial charge in [-0.05, 0) is 55.5 Å². The van der Waals surface area contributed by atoms with Crippen molar-refractivity contribution >= 4 is 57.5 Å². The van der Waals surface area contributed by atoms with E-state index in [0.717, 1.165) is 0 Å². The molecule has 1 amide bonds. The standard InChI is InChI=1S/C23H17Cl2N3O2S/c1-14(21(29)26-16-12-10-15(24)11-13-16)31-23-27-19-8-4-2-6-17(19)22(30)28(23)20-9-5-3-7-18(20)25/h2-14H,1H3,(H,26,29)/t14-/m0/s1. The zero-order valence-electron chi connectivity index (χ0n) is 16.4. The van der Waals surface area contributed by atoms with Crippen molar-refractivity contribution in [2.75, 3.05) is 5.32 Å². The van der Waals surface area contributed by atoms with Crippen molar-refractivity contribution in [3.05, 3.63) is 93.2 Å². The van der Waals surface area contributed by atoms with E-state index in [1.165, 1.54) is 16.3 Å². The lowest BCUT2D eigenvalue weighted by Crippen LogP contribution is -2.26. The van der Waals surface area contributed by atoms with Gasteiger partial charge in [0.2, 0.25) is 5.91 Å². The van der Waals surface area contributed by atoms with E-state index in [9.17, 15) is 9.59 Å². The molecular formula is C23H17Cl2N3O2S. The number of aromatic nitrogens is 2. The topological polar surface area (TPSA) is 64.0 Å². The molecule has 0 aliphatic rings. The number of halogens is 2. The van der Waals surface area contributed by atoms with Crippen LogP contribution in [0.2, 0.25) is 10.0 Å². The molecule has 8 heteroatoms. The number of nitrogens with zero attached hydrogens (tertiary/aromatic N) is 2. The lowest BCUT2D eigenvalue weighted by atomic mass is 10.2. The molecule has 0 aliphatic carbocycles. The third-order valence-corrected chi connectivity index (χ3v) is 6.23. The molecule has 0 unspecified atom stereocenters. The van der Waals surface area contributed by atoms with E-state index in [-0.39, 0.29) is 11.5 Å². The number of fused-ring (bicyclic) bond motifs is 1. The van der Waals surface area contributed by atoms with Crippen molar-refractivity contribution in [2.45, 2.75) is 17.3 Å². The Hall–Kier alpha value is -2.80. The van der Waals surface area contributed by atoms with Crippen LogP contribution in [0, 0.1) is 0 Å². The summed E-state index contributed by atoms with van der Waals surface area (Å²) in [4.78, 5) is 30.7. The minimum Gasteiger partial charge on any atom is -0.325 e. The van der Waals surface area contributed by atoms with Crippen LogP contribution in [0.4, 0.5) is 5.69 Å². The van der Waals surface area contributed by atoms with Crippen LogP contribution in [0.25, 0.3) is 16.6 Å². The molecule has 0 aliphatic heterocycles. The van der Waals surface area contributed by atoms with Crippen LogP contribution in [0.5, 0.6) is 0 Å². The first kappa shape index (κ1) is 21.4. The van der Waals surface area contributed by atoms with Gasteiger partial charge < -0.3 is 5.32 Å². The van der Waals surface area contributed by atoms with Crippen LogP contribution in [0.15, 0.2) is 82.7 Å². The van der Waals surface area contributed by atoms with Crippen LogP contribution in [-0.4, -0.2) is 20.7 Å². The summed E-state index contributed by atoms with van der Waals surface area (Å²) in [6.07, 6.45) is 0. The lowest BCUT2D eigenvalue weighted by molar-refractivity contribution is -0.115. The van der Waals surface area contributed by atoms with Gasteiger partial charge >= 0.3 is 0 Å². The molecule has 1 aromatic heterocycles. The molecule has 0 bridgehead atoms. The first-order valence-corrected chi connectivity index (χ1v) is 11.1. The van der Waals surface area contributed by atoms with E-state index in [1.807, 2.05) is 6.07 Å². The molecule has 156 valence electrons. The minimum atomic E-state index is -0.530. The van der Waals surface area contributed by atoms with Gasteiger partial charge in [-0.2, -0.15) is 0 Å². The second kappa shape index (κ2) is 9.14. The fraction of sp³-hybridized carbons (Fsp3) is 0.0870. The number of hydrogen-bond acceptors (Lipinski definition) is 4. The Morgan fingerprint density at radius 1 is 1.00 bits per heavy atom. The summed E-state index contributed by atoms with van der Waals surface area (Å²) in [6.45, 7) is 1.76. The molecule has 1 atom stereocenters. The van der Waals surface area contributed by atoms with Gasteiger partial charge in [0.25, 0.3) is 5.56 Å². The summed E-state index contributed by atoms with van der Waals surface area (Å²) >= 11 is 13.5. The van der Waals surface area contributed by atoms with E-state index in [2.05, 4.69) is 10.3 Å². The molecule has 1 N–H and O–H groups in total. The number of hydrogen-bond donors (Lipinski definition) is 1.